The predicted molar refractivity (Wildman–Crippen MR) is 110 cm³/mol. The number of nitrogens with zero attached hydrogens (tertiary/aromatic N) is 2. The molecule has 3 aromatic rings. The van der Waals surface area contributed by atoms with Crippen molar-refractivity contribution in [2.24, 2.45) is 0 Å². The molecule has 2 aromatic carbocycles. The maximum atomic E-state index is 12.2. The van der Waals surface area contributed by atoms with Gasteiger partial charge in [0.25, 0.3) is 5.91 Å². The molecule has 2 N–H and O–H groups in total. The molecule has 0 saturated carbocycles. The van der Waals surface area contributed by atoms with E-state index in [2.05, 4.69) is 20.8 Å². The van der Waals surface area contributed by atoms with E-state index >= 15 is 0 Å². The van der Waals surface area contributed by atoms with Crippen molar-refractivity contribution in [3.63, 3.8) is 0 Å². The van der Waals surface area contributed by atoms with Crippen LogP contribution in [0.25, 0.3) is 0 Å². The van der Waals surface area contributed by atoms with Gasteiger partial charge in [-0.1, -0.05) is 53.8 Å². The number of amides is 2. The van der Waals surface area contributed by atoms with Gasteiger partial charge in [-0.05, 0) is 36.6 Å². The molecule has 0 spiro atoms. The molecule has 0 bridgehead atoms. The zero-order valence-electron chi connectivity index (χ0n) is 15.6. The Morgan fingerprint density at radius 3 is 2.54 bits per heavy atom. The summed E-state index contributed by atoms with van der Waals surface area (Å²) in [6.45, 7) is 2.57. The summed E-state index contributed by atoms with van der Waals surface area (Å²) in [5, 5.41) is 14.8. The third-order valence-electron chi connectivity index (χ3n) is 4.22. The van der Waals surface area contributed by atoms with E-state index in [1.165, 1.54) is 11.3 Å². The van der Waals surface area contributed by atoms with Crippen molar-refractivity contribution in [1.29, 1.82) is 0 Å². The lowest BCUT2D eigenvalue weighted by molar-refractivity contribution is -0.121. The monoisotopic (exact) mass is 394 g/mol. The van der Waals surface area contributed by atoms with Crippen molar-refractivity contribution in [2.45, 2.75) is 32.7 Å². The van der Waals surface area contributed by atoms with Crippen molar-refractivity contribution in [3.05, 3.63) is 75.7 Å². The molecule has 0 atom stereocenters. The highest BCUT2D eigenvalue weighted by molar-refractivity contribution is 7.13. The molecule has 1 heterocycles. The first-order chi connectivity index (χ1) is 13.6. The van der Waals surface area contributed by atoms with E-state index in [0.29, 0.717) is 30.8 Å². The van der Waals surface area contributed by atoms with Gasteiger partial charge in [0, 0.05) is 25.1 Å². The van der Waals surface area contributed by atoms with Crippen LogP contribution < -0.4 is 10.6 Å². The highest BCUT2D eigenvalue weighted by Gasteiger charge is 2.13. The first-order valence-electron chi connectivity index (χ1n) is 9.12. The smallest absolute Gasteiger partial charge is 0.286 e. The second kappa shape index (κ2) is 9.75. The Morgan fingerprint density at radius 2 is 1.75 bits per heavy atom. The van der Waals surface area contributed by atoms with Gasteiger partial charge in [-0.15, -0.1) is 10.2 Å². The molecule has 7 heteroatoms. The van der Waals surface area contributed by atoms with Gasteiger partial charge in [0.15, 0.2) is 0 Å². The van der Waals surface area contributed by atoms with Crippen LogP contribution in [0.2, 0.25) is 0 Å². The van der Waals surface area contributed by atoms with Gasteiger partial charge in [0.05, 0.1) is 0 Å². The maximum Gasteiger partial charge on any atom is 0.286 e. The number of carbonyl (C=O) groups excluding carboxylic acids is 2. The number of benzene rings is 2. The fourth-order valence-electron chi connectivity index (χ4n) is 2.64. The van der Waals surface area contributed by atoms with Gasteiger partial charge in [-0.25, -0.2) is 0 Å². The molecule has 0 fully saturated rings. The Bertz CT molecular complexity index is 940. The summed E-state index contributed by atoms with van der Waals surface area (Å²) in [5.74, 6) is -0.263. The number of aryl methyl sites for hydroxylation is 2. The molecule has 0 aliphatic heterocycles. The first kappa shape index (κ1) is 19.7. The van der Waals surface area contributed by atoms with E-state index in [4.69, 9.17) is 0 Å². The first-order valence-corrected chi connectivity index (χ1v) is 9.93. The number of nitrogens with one attached hydrogen (secondary N) is 2. The molecule has 1 aromatic heterocycles. The average Bonchev–Trinajstić information content (AvgIpc) is 3.17. The Morgan fingerprint density at radius 1 is 1.00 bits per heavy atom. The van der Waals surface area contributed by atoms with E-state index in [-0.39, 0.29) is 11.8 Å². The molecule has 2 amide bonds. The number of carbonyl (C=O) groups is 2. The summed E-state index contributed by atoms with van der Waals surface area (Å²) in [6.07, 6.45) is 1.69. The Hall–Kier alpha value is -3.06. The molecule has 0 unspecified atom stereocenters. The van der Waals surface area contributed by atoms with Crippen LogP contribution in [0.15, 0.2) is 54.6 Å². The van der Waals surface area contributed by atoms with Gasteiger partial charge in [-0.3, -0.25) is 9.59 Å². The number of rotatable bonds is 8. The molecule has 144 valence electrons. The molecule has 0 saturated heterocycles. The predicted octanol–water partition coefficient (Wildman–Crippen LogP) is 3.74. The van der Waals surface area contributed by atoms with Crippen molar-refractivity contribution < 1.29 is 9.59 Å². The Balaban J connectivity index is 1.41. The summed E-state index contributed by atoms with van der Waals surface area (Å²) < 4.78 is 0. The molecule has 6 nitrogen and oxygen atoms in total. The third-order valence-corrected chi connectivity index (χ3v) is 5.21. The highest BCUT2D eigenvalue weighted by atomic mass is 32.1. The van der Waals surface area contributed by atoms with Crippen LogP contribution in [0.4, 0.5) is 5.69 Å². The van der Waals surface area contributed by atoms with Crippen LogP contribution in [0.1, 0.15) is 38.8 Å². The summed E-state index contributed by atoms with van der Waals surface area (Å²) in [5.41, 5.74) is 3.00. The Labute approximate surface area is 168 Å². The van der Waals surface area contributed by atoms with Crippen LogP contribution >= 0.6 is 11.3 Å². The highest BCUT2D eigenvalue weighted by Crippen LogP contribution is 2.15. The van der Waals surface area contributed by atoms with Crippen LogP contribution in [0.5, 0.6) is 0 Å². The minimum Gasteiger partial charge on any atom is -0.352 e. The summed E-state index contributed by atoms with van der Waals surface area (Å²) in [7, 11) is 0. The maximum absolute atomic E-state index is 12.2. The molecule has 0 aliphatic rings. The molecule has 3 rings (SSSR count). The van der Waals surface area contributed by atoms with E-state index < -0.39 is 0 Å². The fraction of sp³-hybridized carbons (Fsp3) is 0.238. The SMILES string of the molecule is Cc1ccccc1CNC(=O)CCCc1nnc(C(=O)Nc2ccccc2)s1. The van der Waals surface area contributed by atoms with Crippen molar-refractivity contribution >= 4 is 28.8 Å². The van der Waals surface area contributed by atoms with E-state index in [0.717, 1.165) is 21.8 Å². The number of anilines is 1. The molecule has 0 radical (unpaired) electrons. The second-order valence-electron chi connectivity index (χ2n) is 6.38. The minimum absolute atomic E-state index is 0.00909. The van der Waals surface area contributed by atoms with Crippen molar-refractivity contribution in [2.75, 3.05) is 5.32 Å². The minimum atomic E-state index is -0.272. The average molecular weight is 394 g/mol. The van der Waals surface area contributed by atoms with Gasteiger partial charge < -0.3 is 10.6 Å². The van der Waals surface area contributed by atoms with Crippen molar-refractivity contribution in [3.8, 4) is 0 Å². The molecular weight excluding hydrogens is 372 g/mol. The van der Waals surface area contributed by atoms with Crippen LogP contribution in [0, 0.1) is 6.92 Å². The quantitative estimate of drug-likeness (QED) is 0.610. The van der Waals surface area contributed by atoms with Gasteiger partial charge in [-0.2, -0.15) is 0 Å². The van der Waals surface area contributed by atoms with Gasteiger partial charge in [0.1, 0.15) is 5.01 Å². The van der Waals surface area contributed by atoms with Crippen molar-refractivity contribution in [1.82, 2.24) is 15.5 Å². The number of hydrogen-bond donors (Lipinski definition) is 2. The number of aromatic nitrogens is 2. The van der Waals surface area contributed by atoms with Gasteiger partial charge in [0.2, 0.25) is 10.9 Å². The summed E-state index contributed by atoms with van der Waals surface area (Å²) >= 11 is 1.26. The number of para-hydroxylation sites is 1. The lowest BCUT2D eigenvalue weighted by Gasteiger charge is -2.07. The van der Waals surface area contributed by atoms with Crippen LogP contribution in [-0.2, 0) is 17.8 Å². The van der Waals surface area contributed by atoms with Gasteiger partial charge >= 0.3 is 0 Å². The Kier molecular flexibility index (Phi) is 6.86. The largest absolute Gasteiger partial charge is 0.352 e. The standard InChI is InChI=1S/C21H22N4O2S/c1-15-8-5-6-9-16(15)14-22-18(26)12-7-13-19-24-25-21(28-19)20(27)23-17-10-3-2-4-11-17/h2-6,8-11H,7,12-14H2,1H3,(H,22,26)(H,23,27). The summed E-state index contributed by atoms with van der Waals surface area (Å²) in [6, 6.07) is 17.2. The zero-order valence-corrected chi connectivity index (χ0v) is 16.5. The molecule has 28 heavy (non-hydrogen) atoms. The van der Waals surface area contributed by atoms with Crippen LogP contribution in [-0.4, -0.2) is 22.0 Å². The van der Waals surface area contributed by atoms with E-state index in [1.807, 2.05) is 61.5 Å². The lowest BCUT2D eigenvalue weighted by atomic mass is 10.1. The second-order valence-corrected chi connectivity index (χ2v) is 7.44. The molecular formula is C21H22N4O2S. The van der Waals surface area contributed by atoms with E-state index in [9.17, 15) is 9.59 Å². The normalized spacial score (nSPS) is 10.5. The lowest BCUT2D eigenvalue weighted by Crippen LogP contribution is -2.22. The zero-order chi connectivity index (χ0) is 19.8. The third kappa shape index (κ3) is 5.72. The topological polar surface area (TPSA) is 84.0 Å². The number of hydrogen-bond acceptors (Lipinski definition) is 5. The summed E-state index contributed by atoms with van der Waals surface area (Å²) in [4.78, 5) is 24.2. The molecule has 0 aliphatic carbocycles. The van der Waals surface area contributed by atoms with E-state index in [1.54, 1.807) is 0 Å². The fourth-order valence-corrected chi connectivity index (χ4v) is 3.42. The van der Waals surface area contributed by atoms with Crippen LogP contribution in [0.3, 0.4) is 0 Å².